The molecule has 0 spiro atoms. The first-order valence-electron chi connectivity index (χ1n) is 6.11. The third-order valence-corrected chi connectivity index (χ3v) is 4.42. The molecule has 2 atom stereocenters. The summed E-state index contributed by atoms with van der Waals surface area (Å²) in [6, 6.07) is 0.175. The Morgan fingerprint density at radius 2 is 1.94 bits per heavy atom. The van der Waals surface area contributed by atoms with Gasteiger partial charge in [-0.2, -0.15) is 0 Å². The maximum absolute atomic E-state index is 9.85. The molecule has 4 nitrogen and oxygen atoms in total. The van der Waals surface area contributed by atoms with Gasteiger partial charge in [0.1, 0.15) is 5.01 Å². The minimum Gasteiger partial charge on any atom is -0.391 e. The van der Waals surface area contributed by atoms with Crippen LogP contribution in [0.3, 0.4) is 0 Å². The van der Waals surface area contributed by atoms with Gasteiger partial charge in [0.05, 0.1) is 12.1 Å². The van der Waals surface area contributed by atoms with Crippen LogP contribution < -0.4 is 5.32 Å². The van der Waals surface area contributed by atoms with Crippen LogP contribution in [-0.4, -0.2) is 27.4 Å². The first-order chi connectivity index (χ1) is 7.83. The highest BCUT2D eigenvalue weighted by Gasteiger charge is 2.29. The van der Waals surface area contributed by atoms with Crippen molar-refractivity contribution in [2.75, 3.05) is 5.32 Å². The highest BCUT2D eigenvalue weighted by molar-refractivity contribution is 7.15. The minimum atomic E-state index is -0.220. The van der Waals surface area contributed by atoms with Gasteiger partial charge in [-0.15, -0.1) is 10.2 Å². The van der Waals surface area contributed by atoms with Crippen LogP contribution in [0.2, 0.25) is 0 Å². The maximum Gasteiger partial charge on any atom is 0.205 e. The Bertz CT molecular complexity index is 364. The van der Waals surface area contributed by atoms with Gasteiger partial charge in [0.2, 0.25) is 5.13 Å². The second-order valence-corrected chi connectivity index (χ2v) is 5.83. The van der Waals surface area contributed by atoms with Gasteiger partial charge in [-0.25, -0.2) is 0 Å². The van der Waals surface area contributed by atoms with Crippen LogP contribution in [0.1, 0.15) is 49.5 Å². The molecule has 0 aromatic carbocycles. The lowest BCUT2D eigenvalue weighted by Gasteiger charge is -2.27. The Morgan fingerprint density at radius 1 is 1.12 bits per heavy atom. The van der Waals surface area contributed by atoms with Gasteiger partial charge >= 0.3 is 0 Å². The van der Waals surface area contributed by atoms with Crippen molar-refractivity contribution >= 4 is 16.5 Å². The van der Waals surface area contributed by atoms with Crippen LogP contribution in [0, 0.1) is 0 Å². The average Bonchev–Trinajstić information content (AvgIpc) is 3.03. The molecule has 0 radical (unpaired) electrons. The normalized spacial score (nSPS) is 30.3. The van der Waals surface area contributed by atoms with E-state index in [1.54, 1.807) is 11.3 Å². The van der Waals surface area contributed by atoms with Crippen molar-refractivity contribution in [3.05, 3.63) is 5.01 Å². The van der Waals surface area contributed by atoms with Gasteiger partial charge < -0.3 is 10.4 Å². The van der Waals surface area contributed by atoms with Crippen molar-refractivity contribution in [3.63, 3.8) is 0 Å². The molecule has 1 aromatic rings. The second-order valence-electron chi connectivity index (χ2n) is 4.82. The molecule has 0 unspecified atom stereocenters. The van der Waals surface area contributed by atoms with Crippen LogP contribution in [0.25, 0.3) is 0 Å². The third-order valence-electron chi connectivity index (χ3n) is 3.41. The number of rotatable bonds is 3. The van der Waals surface area contributed by atoms with Gasteiger partial charge in [-0.3, -0.25) is 0 Å². The van der Waals surface area contributed by atoms with E-state index in [1.807, 2.05) is 0 Å². The molecule has 2 saturated carbocycles. The summed E-state index contributed by atoms with van der Waals surface area (Å²) in [5.41, 5.74) is 0. The summed E-state index contributed by atoms with van der Waals surface area (Å²) in [5.74, 6) is 0.671. The first-order valence-corrected chi connectivity index (χ1v) is 6.92. The van der Waals surface area contributed by atoms with Crippen molar-refractivity contribution in [1.82, 2.24) is 10.2 Å². The quantitative estimate of drug-likeness (QED) is 0.848. The van der Waals surface area contributed by atoms with Crippen molar-refractivity contribution in [2.45, 2.75) is 56.6 Å². The topological polar surface area (TPSA) is 58.0 Å². The number of aliphatic hydroxyl groups is 1. The Kier molecular flexibility index (Phi) is 2.81. The summed E-state index contributed by atoms with van der Waals surface area (Å²) >= 11 is 1.65. The van der Waals surface area contributed by atoms with Crippen molar-refractivity contribution in [2.24, 2.45) is 0 Å². The second kappa shape index (κ2) is 4.30. The van der Waals surface area contributed by atoms with Gasteiger partial charge in [0, 0.05) is 5.92 Å². The molecule has 88 valence electrons. The van der Waals surface area contributed by atoms with E-state index in [2.05, 4.69) is 15.5 Å². The molecule has 0 bridgehead atoms. The van der Waals surface area contributed by atoms with E-state index in [9.17, 15) is 5.11 Å². The van der Waals surface area contributed by atoms with Crippen molar-refractivity contribution in [3.8, 4) is 0 Å². The average molecular weight is 239 g/mol. The zero-order valence-corrected chi connectivity index (χ0v) is 10.0. The van der Waals surface area contributed by atoms with Crippen LogP contribution in [-0.2, 0) is 0 Å². The van der Waals surface area contributed by atoms with E-state index in [-0.39, 0.29) is 12.1 Å². The number of anilines is 1. The fourth-order valence-electron chi connectivity index (χ4n) is 2.23. The SMILES string of the molecule is O[C@H]1CCCC[C@@H]1Nc1nnc(C2CC2)s1. The zero-order valence-electron chi connectivity index (χ0n) is 9.22. The molecule has 3 rings (SSSR count). The highest BCUT2D eigenvalue weighted by Crippen LogP contribution is 2.42. The molecule has 0 saturated heterocycles. The largest absolute Gasteiger partial charge is 0.391 e. The van der Waals surface area contributed by atoms with Crippen LogP contribution in [0.4, 0.5) is 5.13 Å². The standard InChI is InChI=1S/C11H17N3OS/c15-9-4-2-1-3-8(9)12-11-14-13-10(16-11)7-5-6-7/h7-9,15H,1-6H2,(H,12,14)/t8-,9-/m0/s1. The number of hydrogen-bond donors (Lipinski definition) is 2. The monoisotopic (exact) mass is 239 g/mol. The summed E-state index contributed by atoms with van der Waals surface area (Å²) in [4.78, 5) is 0. The molecule has 16 heavy (non-hydrogen) atoms. The zero-order chi connectivity index (χ0) is 11.0. The molecule has 0 amide bonds. The number of nitrogens with zero attached hydrogens (tertiary/aromatic N) is 2. The molecule has 1 aromatic heterocycles. The van der Waals surface area contributed by atoms with Gasteiger partial charge in [-0.05, 0) is 25.7 Å². The smallest absolute Gasteiger partial charge is 0.205 e. The number of hydrogen-bond acceptors (Lipinski definition) is 5. The van der Waals surface area contributed by atoms with E-state index in [4.69, 9.17) is 0 Å². The molecule has 1 heterocycles. The molecule has 0 aliphatic heterocycles. The van der Waals surface area contributed by atoms with Crippen LogP contribution >= 0.6 is 11.3 Å². The summed E-state index contributed by atoms with van der Waals surface area (Å²) in [6.07, 6.45) is 6.60. The van der Waals surface area contributed by atoms with E-state index in [1.165, 1.54) is 19.3 Å². The summed E-state index contributed by atoms with van der Waals surface area (Å²) in [7, 11) is 0. The summed E-state index contributed by atoms with van der Waals surface area (Å²) < 4.78 is 0. The Hall–Kier alpha value is -0.680. The molecule has 5 heteroatoms. The predicted octanol–water partition coefficient (Wildman–Crippen LogP) is 2.13. The lowest BCUT2D eigenvalue weighted by atomic mass is 9.93. The van der Waals surface area contributed by atoms with Crippen LogP contribution in [0.5, 0.6) is 0 Å². The Labute approximate surface area is 99.1 Å². The van der Waals surface area contributed by atoms with E-state index in [0.29, 0.717) is 5.92 Å². The van der Waals surface area contributed by atoms with Crippen LogP contribution in [0.15, 0.2) is 0 Å². The first kappa shape index (κ1) is 10.5. The van der Waals surface area contributed by atoms with Gasteiger partial charge in [0.15, 0.2) is 0 Å². The summed E-state index contributed by atoms with van der Waals surface area (Å²) in [6.45, 7) is 0. The highest BCUT2D eigenvalue weighted by atomic mass is 32.1. The fraction of sp³-hybridized carbons (Fsp3) is 0.818. The third kappa shape index (κ3) is 2.20. The number of aliphatic hydroxyl groups excluding tert-OH is 1. The van der Waals surface area contributed by atoms with Crippen molar-refractivity contribution in [1.29, 1.82) is 0 Å². The lowest BCUT2D eigenvalue weighted by Crippen LogP contribution is -2.36. The Morgan fingerprint density at radius 3 is 2.69 bits per heavy atom. The number of nitrogens with one attached hydrogen (secondary N) is 1. The molecule has 2 aliphatic rings. The lowest BCUT2D eigenvalue weighted by molar-refractivity contribution is 0.116. The van der Waals surface area contributed by atoms with E-state index in [0.717, 1.165) is 29.4 Å². The Balaban J connectivity index is 1.63. The van der Waals surface area contributed by atoms with E-state index < -0.39 is 0 Å². The minimum absolute atomic E-state index is 0.175. The molecule has 2 fully saturated rings. The van der Waals surface area contributed by atoms with Gasteiger partial charge in [0.25, 0.3) is 0 Å². The van der Waals surface area contributed by atoms with E-state index >= 15 is 0 Å². The molecular weight excluding hydrogens is 222 g/mol. The molecule has 2 aliphatic carbocycles. The maximum atomic E-state index is 9.85. The number of aromatic nitrogens is 2. The molecule has 2 N–H and O–H groups in total. The fourth-order valence-corrected chi connectivity index (χ4v) is 3.20. The molecular formula is C11H17N3OS. The predicted molar refractivity (Wildman–Crippen MR) is 63.8 cm³/mol. The van der Waals surface area contributed by atoms with Gasteiger partial charge in [-0.1, -0.05) is 24.2 Å². The summed E-state index contributed by atoms with van der Waals surface area (Å²) in [5, 5.41) is 23.6. The van der Waals surface area contributed by atoms with Crippen molar-refractivity contribution < 1.29 is 5.11 Å².